The first-order valence-corrected chi connectivity index (χ1v) is 13.8. The highest BCUT2D eigenvalue weighted by atomic mass is 35.6. The monoisotopic (exact) mass is 426 g/mol. The number of hydrogen-bond donors (Lipinski definition) is 0. The molecule has 4 heteroatoms. The van der Waals surface area contributed by atoms with Gasteiger partial charge in [0.25, 0.3) is 0 Å². The van der Waals surface area contributed by atoms with E-state index >= 15 is 0 Å². The van der Waals surface area contributed by atoms with E-state index in [1.165, 1.54) is 42.1 Å². The third-order valence-electron chi connectivity index (χ3n) is 6.11. The molecule has 3 aromatic rings. The largest absolute Gasteiger partial charge is 0.204 e. The molecule has 1 saturated heterocycles. The third kappa shape index (κ3) is 4.17. The van der Waals surface area contributed by atoms with Crippen molar-refractivity contribution in [1.82, 2.24) is 0 Å². The van der Waals surface area contributed by atoms with E-state index < -0.39 is 19.7 Å². The Morgan fingerprint density at radius 1 is 0.862 bits per heavy atom. The second-order valence-corrected chi connectivity index (χ2v) is 12.1. The highest BCUT2D eigenvalue weighted by Gasteiger charge is 2.24. The second-order valence-electron chi connectivity index (χ2n) is 7.85. The van der Waals surface area contributed by atoms with Crippen LogP contribution in [0.1, 0.15) is 36.8 Å². The van der Waals surface area contributed by atoms with Crippen molar-refractivity contribution in [2.75, 3.05) is 0 Å². The lowest BCUT2D eigenvalue weighted by atomic mass is 9.86. The zero-order valence-electron chi connectivity index (χ0n) is 16.6. The molecule has 0 aliphatic carbocycles. The first-order valence-electron chi connectivity index (χ1n) is 10.4. The average Bonchev–Trinajstić information content (AvgIpc) is 2.76. The minimum absolute atomic E-state index is 0.431. The SMILES string of the molecule is CCc1c(-c2ccc(-c3ccccc3C3CC[SiH](Cl)CC3)cc2)ccc(F)c1F. The fourth-order valence-electron chi connectivity index (χ4n) is 4.52. The van der Waals surface area contributed by atoms with Gasteiger partial charge >= 0.3 is 0 Å². The smallest absolute Gasteiger partial charge is 0.162 e. The Morgan fingerprint density at radius 2 is 1.48 bits per heavy atom. The molecule has 0 unspecified atom stereocenters. The van der Waals surface area contributed by atoms with Crippen molar-refractivity contribution in [1.29, 1.82) is 0 Å². The summed E-state index contributed by atoms with van der Waals surface area (Å²) < 4.78 is 27.8. The van der Waals surface area contributed by atoms with Gasteiger partial charge in [0.05, 0.1) is 0 Å². The van der Waals surface area contributed by atoms with Crippen molar-refractivity contribution in [3.8, 4) is 22.3 Å². The number of halogens is 3. The minimum atomic E-state index is -0.989. The number of hydrogen-bond acceptors (Lipinski definition) is 0. The Labute approximate surface area is 177 Å². The van der Waals surface area contributed by atoms with Crippen molar-refractivity contribution in [3.63, 3.8) is 0 Å². The summed E-state index contributed by atoms with van der Waals surface area (Å²) in [6.45, 7) is 1.85. The predicted molar refractivity (Wildman–Crippen MR) is 121 cm³/mol. The molecule has 1 aliphatic rings. The van der Waals surface area contributed by atoms with E-state index in [2.05, 4.69) is 36.4 Å². The molecule has 0 bridgehead atoms. The maximum Gasteiger partial charge on any atom is 0.162 e. The zero-order chi connectivity index (χ0) is 20.4. The van der Waals surface area contributed by atoms with Gasteiger partial charge in [0, 0.05) is 0 Å². The van der Waals surface area contributed by atoms with Crippen LogP contribution in [0.15, 0.2) is 60.7 Å². The van der Waals surface area contributed by atoms with Crippen LogP contribution < -0.4 is 0 Å². The molecule has 0 saturated carbocycles. The standard InChI is InChI=1S/C25H25ClF2Si/c1-2-20-23(11-12-24(27)25(20)28)18-9-7-17(8-10-18)21-5-3-4-6-22(21)19-13-15-29(26)16-14-19/h3-12,19,29H,2,13-16H2,1H3. The summed E-state index contributed by atoms with van der Waals surface area (Å²) in [5.74, 6) is -0.949. The normalized spacial score (nSPS) is 19.3. The molecule has 3 aromatic carbocycles. The number of rotatable bonds is 4. The Hall–Kier alpha value is -1.97. The Kier molecular flexibility index (Phi) is 6.17. The minimum Gasteiger partial charge on any atom is -0.204 e. The molecule has 1 heterocycles. The molecule has 0 nitrogen and oxygen atoms in total. The van der Waals surface area contributed by atoms with Crippen LogP contribution in [0.5, 0.6) is 0 Å². The average molecular weight is 427 g/mol. The van der Waals surface area contributed by atoms with Crippen molar-refractivity contribution in [2.45, 2.75) is 44.2 Å². The molecular formula is C25H25ClF2Si. The summed E-state index contributed by atoms with van der Waals surface area (Å²) in [7, 11) is -0.989. The van der Waals surface area contributed by atoms with E-state index in [4.69, 9.17) is 11.1 Å². The van der Waals surface area contributed by atoms with E-state index in [0.717, 1.165) is 16.7 Å². The van der Waals surface area contributed by atoms with Crippen molar-refractivity contribution >= 4 is 19.2 Å². The van der Waals surface area contributed by atoms with Gasteiger partial charge in [-0.25, -0.2) is 8.78 Å². The molecule has 0 aromatic heterocycles. The second kappa shape index (κ2) is 8.81. The molecule has 0 amide bonds. The fraction of sp³-hybridized carbons (Fsp3) is 0.280. The van der Waals surface area contributed by atoms with Gasteiger partial charge in [-0.1, -0.05) is 61.5 Å². The molecule has 0 N–H and O–H groups in total. The lowest BCUT2D eigenvalue weighted by Crippen LogP contribution is -2.15. The van der Waals surface area contributed by atoms with Gasteiger partial charge in [0.1, 0.15) is 8.11 Å². The van der Waals surface area contributed by atoms with Crippen LogP contribution >= 0.6 is 11.1 Å². The van der Waals surface area contributed by atoms with Crippen LogP contribution in [0, 0.1) is 11.6 Å². The topological polar surface area (TPSA) is 0 Å². The summed E-state index contributed by atoms with van der Waals surface area (Å²) >= 11 is 6.44. The van der Waals surface area contributed by atoms with Gasteiger partial charge in [-0.2, -0.15) is 11.1 Å². The van der Waals surface area contributed by atoms with Crippen LogP contribution in [0.2, 0.25) is 12.1 Å². The molecule has 4 rings (SSSR count). The fourth-order valence-corrected chi connectivity index (χ4v) is 7.09. The molecule has 0 atom stereocenters. The van der Waals surface area contributed by atoms with Gasteiger partial charge in [0.2, 0.25) is 0 Å². The van der Waals surface area contributed by atoms with Crippen LogP contribution in [0.3, 0.4) is 0 Å². The highest BCUT2D eigenvalue weighted by molar-refractivity contribution is 7.07. The van der Waals surface area contributed by atoms with E-state index in [9.17, 15) is 8.78 Å². The van der Waals surface area contributed by atoms with Gasteiger partial charge in [-0.15, -0.1) is 0 Å². The number of benzene rings is 3. The van der Waals surface area contributed by atoms with Gasteiger partial charge in [-0.3, -0.25) is 0 Å². The molecular weight excluding hydrogens is 402 g/mol. The van der Waals surface area contributed by atoms with Gasteiger partial charge < -0.3 is 0 Å². The molecule has 150 valence electrons. The van der Waals surface area contributed by atoms with Crippen molar-refractivity contribution in [2.24, 2.45) is 0 Å². The van der Waals surface area contributed by atoms with Crippen LogP contribution in [-0.4, -0.2) is 8.11 Å². The van der Waals surface area contributed by atoms with Crippen LogP contribution in [0.4, 0.5) is 8.78 Å². The van der Waals surface area contributed by atoms with E-state index in [1.807, 2.05) is 19.1 Å². The maximum absolute atomic E-state index is 14.2. The van der Waals surface area contributed by atoms with Crippen molar-refractivity contribution in [3.05, 3.63) is 83.4 Å². The van der Waals surface area contributed by atoms with Gasteiger partial charge in [0.15, 0.2) is 11.6 Å². The molecule has 0 spiro atoms. The summed E-state index contributed by atoms with van der Waals surface area (Å²) in [5.41, 5.74) is 5.93. The predicted octanol–water partition coefficient (Wildman–Crippen LogP) is 7.70. The van der Waals surface area contributed by atoms with E-state index in [1.54, 1.807) is 6.07 Å². The summed E-state index contributed by atoms with van der Waals surface area (Å²) in [6, 6.07) is 22.1. The quantitative estimate of drug-likeness (QED) is 0.296. The molecule has 0 radical (unpaired) electrons. The summed E-state index contributed by atoms with van der Waals surface area (Å²) in [6.07, 6.45) is 2.82. The van der Waals surface area contributed by atoms with Crippen LogP contribution in [0.25, 0.3) is 22.3 Å². The highest BCUT2D eigenvalue weighted by Crippen LogP contribution is 2.39. The zero-order valence-corrected chi connectivity index (χ0v) is 18.5. The summed E-state index contributed by atoms with van der Waals surface area (Å²) in [4.78, 5) is 0. The maximum atomic E-state index is 14.2. The Balaban J connectivity index is 1.67. The molecule has 29 heavy (non-hydrogen) atoms. The third-order valence-corrected chi connectivity index (χ3v) is 9.34. The Bertz CT molecular complexity index is 992. The van der Waals surface area contributed by atoms with E-state index in [0.29, 0.717) is 17.9 Å². The molecule has 1 fully saturated rings. The lowest BCUT2D eigenvalue weighted by molar-refractivity contribution is 0.500. The Morgan fingerprint density at radius 3 is 2.14 bits per heavy atom. The first kappa shape index (κ1) is 20.3. The van der Waals surface area contributed by atoms with Crippen molar-refractivity contribution < 1.29 is 8.78 Å². The lowest BCUT2D eigenvalue weighted by Gasteiger charge is -2.26. The first-order chi connectivity index (χ1) is 14.1. The van der Waals surface area contributed by atoms with E-state index in [-0.39, 0.29) is 0 Å². The summed E-state index contributed by atoms with van der Waals surface area (Å²) in [5, 5.41) is 0. The molecule has 1 aliphatic heterocycles. The van der Waals surface area contributed by atoms with Crippen LogP contribution in [-0.2, 0) is 6.42 Å². The van der Waals surface area contributed by atoms with Gasteiger partial charge in [-0.05, 0) is 76.7 Å².